The Labute approximate surface area is 404 Å². The largest absolute Gasteiger partial charge is 0.408 e. The summed E-state index contributed by atoms with van der Waals surface area (Å²) < 4.78 is 45.0. The lowest BCUT2D eigenvalue weighted by Gasteiger charge is -2.45. The summed E-state index contributed by atoms with van der Waals surface area (Å²) >= 11 is 6.39. The van der Waals surface area contributed by atoms with Crippen LogP contribution in [0.1, 0.15) is 48.4 Å². The number of benzene rings is 1. The molecule has 6 atom stereocenters. The molecule has 1 aromatic carbocycles. The van der Waals surface area contributed by atoms with Gasteiger partial charge in [0.1, 0.15) is 29.8 Å². The second kappa shape index (κ2) is 19.8. The van der Waals surface area contributed by atoms with E-state index in [1.807, 2.05) is 5.32 Å². The molecule has 4 aromatic heterocycles. The zero-order valence-corrected chi connectivity index (χ0v) is 38.9. The lowest BCUT2D eigenvalue weighted by molar-refractivity contribution is -0.163. The zero-order valence-electron chi connectivity index (χ0n) is 38.2. The highest BCUT2D eigenvalue weighted by Crippen LogP contribution is 2.41. The number of imidazole rings is 1. The molecule has 3 fully saturated rings. The fourth-order valence-corrected chi connectivity index (χ4v) is 9.13. The van der Waals surface area contributed by atoms with E-state index in [4.69, 9.17) is 23.1 Å². The Bertz CT molecular complexity index is 2820. The van der Waals surface area contributed by atoms with Gasteiger partial charge in [-0.3, -0.25) is 43.5 Å². The Hall–Kier alpha value is -7.56. The Balaban J connectivity index is 0.963. The first-order valence-electron chi connectivity index (χ1n) is 22.4. The van der Waals surface area contributed by atoms with Gasteiger partial charge in [0.2, 0.25) is 11.8 Å². The first-order chi connectivity index (χ1) is 33.3. The molecule has 6 N–H and O–H groups in total. The quantitative estimate of drug-likeness (QED) is 0.101. The van der Waals surface area contributed by atoms with E-state index in [1.165, 1.54) is 54.5 Å². The van der Waals surface area contributed by atoms with Crippen molar-refractivity contribution in [2.45, 2.75) is 75.4 Å². The highest BCUT2D eigenvalue weighted by molar-refractivity contribution is 6.30. The van der Waals surface area contributed by atoms with Crippen molar-refractivity contribution >= 4 is 70.6 Å². The molecule has 368 valence electrons. The molecule has 1 aliphatic carbocycles. The second-order valence-electron chi connectivity index (χ2n) is 17.7. The number of nitrogens with zero attached hydrogens (tertiary/aromatic N) is 10. The minimum atomic E-state index is -4.77. The van der Waals surface area contributed by atoms with Crippen LogP contribution in [0.15, 0.2) is 85.7 Å². The number of likely N-dealkylation sites (N-methyl/N-ethyl adjacent to an activating group) is 2. The Morgan fingerprint density at radius 1 is 0.814 bits per heavy atom. The second-order valence-corrected chi connectivity index (χ2v) is 18.2. The van der Waals surface area contributed by atoms with Gasteiger partial charge in [-0.2, -0.15) is 18.3 Å². The van der Waals surface area contributed by atoms with Crippen molar-refractivity contribution in [3.8, 4) is 0 Å². The van der Waals surface area contributed by atoms with Crippen molar-refractivity contribution in [3.63, 3.8) is 0 Å². The summed E-state index contributed by atoms with van der Waals surface area (Å²) in [7, 11) is 4.63. The van der Waals surface area contributed by atoms with Crippen LogP contribution in [-0.2, 0) is 45.6 Å². The topological polar surface area (TPSA) is 253 Å². The van der Waals surface area contributed by atoms with E-state index in [-0.39, 0.29) is 56.1 Å². The number of nitrogens with two attached hydrogens (primary N) is 2. The number of amides is 8. The van der Waals surface area contributed by atoms with Crippen molar-refractivity contribution < 1.29 is 41.9 Å². The third kappa shape index (κ3) is 10.4. The molecule has 70 heavy (non-hydrogen) atoms. The van der Waals surface area contributed by atoms with Gasteiger partial charge in [-0.05, 0) is 97.5 Å². The molecule has 1 saturated carbocycles. The summed E-state index contributed by atoms with van der Waals surface area (Å²) in [5.41, 5.74) is 13.5. The van der Waals surface area contributed by atoms with Gasteiger partial charge in [0.05, 0.1) is 24.2 Å². The van der Waals surface area contributed by atoms with Crippen LogP contribution in [-0.4, -0.2) is 113 Å². The van der Waals surface area contributed by atoms with Crippen LogP contribution in [0, 0.1) is 17.8 Å². The summed E-state index contributed by atoms with van der Waals surface area (Å²) in [6.07, 6.45) is 4.11. The van der Waals surface area contributed by atoms with Gasteiger partial charge in [0, 0.05) is 63.6 Å². The number of anilines is 4. The van der Waals surface area contributed by atoms with Crippen molar-refractivity contribution in [2.24, 2.45) is 24.8 Å². The molecule has 24 heteroatoms. The molecule has 2 saturated heterocycles. The molecular formula is C46H50ClF3N14O6. The zero-order chi connectivity index (χ0) is 50.2. The van der Waals surface area contributed by atoms with E-state index >= 15 is 0 Å². The number of halogens is 4. The summed E-state index contributed by atoms with van der Waals surface area (Å²) in [5, 5.41) is 9.83. The molecule has 20 nitrogen and oxygen atoms in total. The fraction of sp³-hybridized carbons (Fsp3) is 0.391. The molecule has 8 amide bonds. The predicted molar refractivity (Wildman–Crippen MR) is 248 cm³/mol. The van der Waals surface area contributed by atoms with Gasteiger partial charge in [-0.1, -0.05) is 23.7 Å². The number of hydrogen-bond donors (Lipinski definition) is 4. The molecule has 5 aromatic rings. The highest BCUT2D eigenvalue weighted by Gasteiger charge is 2.58. The van der Waals surface area contributed by atoms with E-state index in [1.54, 1.807) is 66.5 Å². The monoisotopic (exact) mass is 986 g/mol. The first-order valence-corrected chi connectivity index (χ1v) is 22.7. The molecule has 2 aliphatic heterocycles. The molecule has 0 radical (unpaired) electrons. The number of carbonyl (C=O) groups is 6. The van der Waals surface area contributed by atoms with Crippen molar-refractivity contribution in [1.82, 2.24) is 49.7 Å². The number of nitrogens with one attached hydrogen (secondary N) is 2. The number of aryl methyl sites for hydroxylation is 2. The van der Waals surface area contributed by atoms with E-state index < -0.39 is 83.8 Å². The number of carbonyl (C=O) groups excluding carboxylic acids is 6. The van der Waals surface area contributed by atoms with Crippen LogP contribution < -0.4 is 31.9 Å². The Morgan fingerprint density at radius 2 is 1.39 bits per heavy atom. The van der Waals surface area contributed by atoms with E-state index in [2.05, 4.69) is 25.4 Å². The third-order valence-corrected chi connectivity index (χ3v) is 13.0. The molecule has 3 aliphatic rings. The van der Waals surface area contributed by atoms with Crippen LogP contribution in [0.2, 0.25) is 5.02 Å². The predicted octanol–water partition coefficient (Wildman–Crippen LogP) is 4.27. The molecule has 6 heterocycles. The molecule has 8 rings (SSSR count). The molecule has 0 unspecified atom stereocenters. The molecule has 0 spiro atoms. The summed E-state index contributed by atoms with van der Waals surface area (Å²) in [4.78, 5) is 99.5. The number of aromatic nitrogens is 6. The maximum absolute atomic E-state index is 14.2. The number of pyridine rings is 2. The summed E-state index contributed by atoms with van der Waals surface area (Å²) in [6.45, 7) is 0.243. The van der Waals surface area contributed by atoms with Gasteiger partial charge in [-0.15, -0.1) is 0 Å². The van der Waals surface area contributed by atoms with Crippen LogP contribution in [0.5, 0.6) is 0 Å². The maximum atomic E-state index is 14.2. The minimum Gasteiger partial charge on any atom is -0.384 e. The average Bonchev–Trinajstić information content (AvgIpc) is 3.87. The number of hydrogen-bond acceptors (Lipinski definition) is 12. The number of nitrogen functional groups attached to an aromatic ring is 2. The van der Waals surface area contributed by atoms with E-state index in [9.17, 15) is 41.9 Å². The highest BCUT2D eigenvalue weighted by atomic mass is 35.5. The van der Waals surface area contributed by atoms with E-state index in [0.717, 1.165) is 9.80 Å². The number of β-lactam (4-membered cyclic amide) rings is 2. The number of likely N-dealkylation sites (tertiary alicyclic amines) is 2. The molecular weight excluding hydrogens is 937 g/mol. The van der Waals surface area contributed by atoms with Crippen molar-refractivity contribution in [3.05, 3.63) is 107 Å². The van der Waals surface area contributed by atoms with Crippen molar-refractivity contribution in [2.75, 3.05) is 35.4 Å². The maximum Gasteiger partial charge on any atom is 0.408 e. The lowest BCUT2D eigenvalue weighted by Crippen LogP contribution is -2.71. The van der Waals surface area contributed by atoms with Crippen molar-refractivity contribution in [1.29, 1.82) is 0 Å². The van der Waals surface area contributed by atoms with Crippen LogP contribution in [0.4, 0.5) is 46.0 Å². The first kappa shape index (κ1) is 48.9. The average molecular weight is 987 g/mol. The fourth-order valence-electron chi connectivity index (χ4n) is 8.93. The molecule has 0 bridgehead atoms. The SMILES string of the molecule is CN(C(=O)[C@@H]1[C@@H](Cc2ccnc(N)c2)C(=O)N1C(=O)N[C@H](CCCn1ccc(N(C)C(=O)[C@@H]2[C@@H](Cc3ccnc(N)c3)C(=O)N2C(=O)N[C@@H](C2CC2)C(F)(F)F)n1)c1cccc(Cl)c1)c1cn(C)cn1. The summed E-state index contributed by atoms with van der Waals surface area (Å²) in [6, 6.07) is 7.01. The standard InChI is InChI=1S/C46H50ClF3N14O6/c1-59-23-36(55-24-59)61(3)43(68)38-31(19-26-12-15-54-34(52)21-26)40(65)63(38)44(69)56-32(28-6-4-7-29(47)22-28)8-5-16-62-17-13-35(58-62)60(2)42(67)37-30(18-25-11-14-53-33(51)20-25)41(66)64(37)45(70)57-39(27-9-10-27)46(48,49)50/h4,6-7,11-15,17,20-24,27,30-32,37-39H,5,8-10,16,18-19H2,1-3H3,(H2,51,53)(H2,52,54)(H,56,69)(H,57,70)/t30-,31-,32-,37+,38+,39+/m1/s1. The number of alkyl halides is 3. The smallest absolute Gasteiger partial charge is 0.384 e. The minimum absolute atomic E-state index is 0.0451. The Kier molecular flexibility index (Phi) is 13.8. The van der Waals surface area contributed by atoms with Gasteiger partial charge >= 0.3 is 18.2 Å². The van der Waals surface area contributed by atoms with E-state index in [0.29, 0.717) is 38.9 Å². The van der Waals surface area contributed by atoms with Crippen LogP contribution in [0.25, 0.3) is 0 Å². The summed E-state index contributed by atoms with van der Waals surface area (Å²) in [5.74, 6) is -4.71. The normalized spacial score (nSPS) is 19.7. The number of urea groups is 2. The number of rotatable bonds is 16. The van der Waals surface area contributed by atoms with Gasteiger partial charge in [0.25, 0.3) is 11.8 Å². The number of imide groups is 2. The van der Waals surface area contributed by atoms with Gasteiger partial charge in [-0.25, -0.2) is 24.5 Å². The van der Waals surface area contributed by atoms with Crippen LogP contribution >= 0.6 is 11.6 Å². The third-order valence-electron chi connectivity index (χ3n) is 12.8. The van der Waals surface area contributed by atoms with Crippen LogP contribution in [0.3, 0.4) is 0 Å². The van der Waals surface area contributed by atoms with Gasteiger partial charge in [0.15, 0.2) is 11.6 Å². The lowest BCUT2D eigenvalue weighted by atomic mass is 9.81. The van der Waals surface area contributed by atoms with Gasteiger partial charge < -0.3 is 26.7 Å². The Morgan fingerprint density at radius 3 is 1.90 bits per heavy atom.